The van der Waals surface area contributed by atoms with Crippen LogP contribution in [0.25, 0.3) is 6.08 Å². The van der Waals surface area contributed by atoms with Crippen molar-refractivity contribution in [1.29, 1.82) is 0 Å². The summed E-state index contributed by atoms with van der Waals surface area (Å²) in [6, 6.07) is 13.7. The first-order valence-corrected chi connectivity index (χ1v) is 12.7. The molecule has 36 heavy (non-hydrogen) atoms. The highest BCUT2D eigenvalue weighted by atomic mass is 32.2. The van der Waals surface area contributed by atoms with E-state index in [1.807, 2.05) is 30.3 Å². The Morgan fingerprint density at radius 1 is 0.917 bits per heavy atom. The van der Waals surface area contributed by atoms with Gasteiger partial charge in [-0.15, -0.1) is 0 Å². The Kier molecular flexibility index (Phi) is 8.93. The number of anilines is 5. The molecule has 2 unspecified atom stereocenters. The van der Waals surface area contributed by atoms with Crippen LogP contribution in [0.15, 0.2) is 59.5 Å². The van der Waals surface area contributed by atoms with Gasteiger partial charge >= 0.3 is 0 Å². The number of aliphatic hydroxyl groups excluding tert-OH is 2. The van der Waals surface area contributed by atoms with Gasteiger partial charge in [0, 0.05) is 24.5 Å². The number of benzene rings is 2. The van der Waals surface area contributed by atoms with Crippen LogP contribution in [-0.4, -0.2) is 63.4 Å². The van der Waals surface area contributed by atoms with E-state index >= 15 is 0 Å². The largest absolute Gasteiger partial charge is 0.392 e. The highest BCUT2D eigenvalue weighted by molar-refractivity contribution is 7.86. The Morgan fingerprint density at radius 3 is 2.03 bits per heavy atom. The van der Waals surface area contributed by atoms with Gasteiger partial charge in [0.2, 0.25) is 17.8 Å². The molecule has 3 rings (SSSR count). The van der Waals surface area contributed by atoms with Crippen LogP contribution in [0.4, 0.5) is 29.2 Å². The van der Waals surface area contributed by atoms with Gasteiger partial charge in [-0.2, -0.15) is 23.4 Å². The summed E-state index contributed by atoms with van der Waals surface area (Å²) in [7, 11) is -4.49. The SMILES string of the molecule is CC=Cc1ccc(Nc2nc(Nc3ccccc3)nc(N(CC(C)O)CC(C)O)n2)cc1S(=O)(=O)O. The van der Waals surface area contributed by atoms with E-state index < -0.39 is 22.3 Å². The van der Waals surface area contributed by atoms with Crippen LogP contribution in [0.3, 0.4) is 0 Å². The minimum absolute atomic E-state index is 0.0830. The van der Waals surface area contributed by atoms with E-state index in [4.69, 9.17) is 0 Å². The molecular formula is C24H30N6O5S. The van der Waals surface area contributed by atoms with Crippen LogP contribution in [-0.2, 0) is 10.1 Å². The van der Waals surface area contributed by atoms with E-state index in [1.54, 1.807) is 50.0 Å². The minimum atomic E-state index is -4.49. The fraction of sp³-hybridized carbons (Fsp3) is 0.292. The summed E-state index contributed by atoms with van der Waals surface area (Å²) in [4.78, 5) is 14.6. The molecule has 0 aliphatic carbocycles. The van der Waals surface area contributed by atoms with Gasteiger partial charge in [-0.3, -0.25) is 4.55 Å². The van der Waals surface area contributed by atoms with E-state index in [0.717, 1.165) is 5.69 Å². The lowest BCUT2D eigenvalue weighted by atomic mass is 10.2. The van der Waals surface area contributed by atoms with Crippen LogP contribution in [0.2, 0.25) is 0 Å². The van der Waals surface area contributed by atoms with E-state index in [9.17, 15) is 23.2 Å². The first kappa shape index (κ1) is 27.0. The van der Waals surface area contributed by atoms with E-state index in [2.05, 4.69) is 25.6 Å². The van der Waals surface area contributed by atoms with Gasteiger partial charge in [-0.05, 0) is 50.6 Å². The van der Waals surface area contributed by atoms with Crippen molar-refractivity contribution >= 4 is 45.4 Å². The van der Waals surface area contributed by atoms with Crippen molar-refractivity contribution in [3.05, 3.63) is 60.2 Å². The average molecular weight is 515 g/mol. The molecule has 0 saturated heterocycles. The van der Waals surface area contributed by atoms with Crippen LogP contribution < -0.4 is 15.5 Å². The van der Waals surface area contributed by atoms with Crippen LogP contribution >= 0.6 is 0 Å². The average Bonchev–Trinajstić information content (AvgIpc) is 2.79. The molecule has 2 aromatic carbocycles. The molecule has 3 aromatic rings. The molecule has 11 nitrogen and oxygen atoms in total. The molecule has 1 heterocycles. The molecule has 0 fully saturated rings. The summed E-state index contributed by atoms with van der Waals surface area (Å²) in [5, 5.41) is 26.0. The normalized spacial score (nSPS) is 13.4. The number of aromatic nitrogens is 3. The number of aliphatic hydroxyl groups is 2. The second-order valence-electron chi connectivity index (χ2n) is 8.23. The Hall–Kier alpha value is -3.58. The van der Waals surface area contributed by atoms with Crippen molar-refractivity contribution < 1.29 is 23.2 Å². The maximum atomic E-state index is 11.9. The first-order chi connectivity index (χ1) is 17.0. The first-order valence-electron chi connectivity index (χ1n) is 11.3. The van der Waals surface area contributed by atoms with E-state index in [1.165, 1.54) is 6.07 Å². The number of hydrogen-bond acceptors (Lipinski definition) is 10. The highest BCUT2D eigenvalue weighted by Gasteiger charge is 2.19. The topological polar surface area (TPSA) is 161 Å². The van der Waals surface area contributed by atoms with Crippen LogP contribution in [0.5, 0.6) is 0 Å². The van der Waals surface area contributed by atoms with Gasteiger partial charge in [0.25, 0.3) is 10.1 Å². The molecule has 0 bridgehead atoms. The summed E-state index contributed by atoms with van der Waals surface area (Å²) >= 11 is 0. The van der Waals surface area contributed by atoms with Gasteiger partial charge in [-0.25, -0.2) is 0 Å². The summed E-state index contributed by atoms with van der Waals surface area (Å²) in [5.41, 5.74) is 1.37. The lowest BCUT2D eigenvalue weighted by Gasteiger charge is -2.26. The van der Waals surface area contributed by atoms with E-state index in [0.29, 0.717) is 11.3 Å². The van der Waals surface area contributed by atoms with Gasteiger partial charge in [0.1, 0.15) is 4.90 Å². The predicted octanol–water partition coefficient (Wildman–Crippen LogP) is 3.21. The molecule has 192 valence electrons. The predicted molar refractivity (Wildman–Crippen MR) is 139 cm³/mol. The monoisotopic (exact) mass is 514 g/mol. The molecule has 0 saturated carbocycles. The van der Waals surface area contributed by atoms with Gasteiger partial charge < -0.3 is 25.7 Å². The Labute approximate surface area is 210 Å². The molecule has 0 amide bonds. The summed E-state index contributed by atoms with van der Waals surface area (Å²) < 4.78 is 33.5. The summed E-state index contributed by atoms with van der Waals surface area (Å²) in [6.45, 7) is 5.28. The Bertz CT molecular complexity index is 1290. The molecule has 0 aliphatic heterocycles. The maximum absolute atomic E-state index is 11.9. The van der Waals surface area contributed by atoms with Crippen molar-refractivity contribution in [2.45, 2.75) is 37.9 Å². The molecule has 1 aromatic heterocycles. The van der Waals surface area contributed by atoms with Gasteiger partial charge in [0.15, 0.2) is 0 Å². The quantitative estimate of drug-likeness (QED) is 0.239. The fourth-order valence-electron chi connectivity index (χ4n) is 3.43. The molecule has 2 atom stereocenters. The number of hydrogen-bond donors (Lipinski definition) is 5. The standard InChI is InChI=1S/C24H30N6O5S/c1-4-8-18-11-12-20(13-21(18)36(33,34)35)26-23-27-22(25-19-9-6-5-7-10-19)28-24(29-23)30(14-16(2)31)15-17(3)32/h4-13,16-17,31-32H,14-15H2,1-3H3,(H,33,34,35)(H2,25,26,27,28,29). The van der Waals surface area contributed by atoms with E-state index in [-0.39, 0.29) is 35.8 Å². The third-order valence-electron chi connectivity index (χ3n) is 4.80. The number of rotatable bonds is 11. The van der Waals surface area contributed by atoms with Crippen molar-refractivity contribution in [1.82, 2.24) is 15.0 Å². The lowest BCUT2D eigenvalue weighted by Crippen LogP contribution is -2.37. The zero-order chi connectivity index (χ0) is 26.3. The summed E-state index contributed by atoms with van der Waals surface area (Å²) in [5.74, 6) is 0.461. The van der Waals surface area contributed by atoms with Crippen LogP contribution in [0, 0.1) is 0 Å². The third-order valence-corrected chi connectivity index (χ3v) is 5.71. The molecular weight excluding hydrogens is 484 g/mol. The lowest BCUT2D eigenvalue weighted by molar-refractivity contribution is 0.177. The van der Waals surface area contributed by atoms with Crippen LogP contribution in [0.1, 0.15) is 26.3 Å². The smallest absolute Gasteiger partial charge is 0.295 e. The number of nitrogens with zero attached hydrogens (tertiary/aromatic N) is 4. The zero-order valence-electron chi connectivity index (χ0n) is 20.2. The number of para-hydroxylation sites is 1. The second kappa shape index (κ2) is 11.9. The maximum Gasteiger partial charge on any atom is 0.295 e. The Morgan fingerprint density at radius 2 is 1.50 bits per heavy atom. The fourth-order valence-corrected chi connectivity index (χ4v) is 4.14. The highest BCUT2D eigenvalue weighted by Crippen LogP contribution is 2.25. The molecule has 0 radical (unpaired) electrons. The molecule has 0 aliphatic rings. The Balaban J connectivity index is 2.05. The summed E-state index contributed by atoms with van der Waals surface area (Å²) in [6.07, 6.45) is 1.79. The molecule has 5 N–H and O–H groups in total. The number of allylic oxidation sites excluding steroid dienone is 1. The van der Waals surface area contributed by atoms with Gasteiger partial charge in [0.05, 0.1) is 12.2 Å². The van der Waals surface area contributed by atoms with Crippen molar-refractivity contribution in [2.24, 2.45) is 0 Å². The molecule has 0 spiro atoms. The van der Waals surface area contributed by atoms with Crippen molar-refractivity contribution in [3.8, 4) is 0 Å². The second-order valence-corrected chi connectivity index (χ2v) is 9.62. The third kappa shape index (κ3) is 7.71. The minimum Gasteiger partial charge on any atom is -0.392 e. The molecule has 12 heteroatoms. The van der Waals surface area contributed by atoms with Gasteiger partial charge in [-0.1, -0.05) is 36.4 Å². The van der Waals surface area contributed by atoms with Crippen molar-refractivity contribution in [3.63, 3.8) is 0 Å². The number of nitrogens with one attached hydrogen (secondary N) is 2. The van der Waals surface area contributed by atoms with Crippen molar-refractivity contribution in [2.75, 3.05) is 28.6 Å². The zero-order valence-corrected chi connectivity index (χ0v) is 21.0.